The summed E-state index contributed by atoms with van der Waals surface area (Å²) in [7, 11) is 0. The van der Waals surface area contributed by atoms with E-state index in [0.29, 0.717) is 5.70 Å². The van der Waals surface area contributed by atoms with Crippen LogP contribution in [0.2, 0.25) is 0 Å². The van der Waals surface area contributed by atoms with Crippen molar-refractivity contribution in [1.82, 2.24) is 5.32 Å². The SMILES string of the molecule is [C-]#[N+]C(=C1CCNCC1)c1ccc(F)cc1. The maximum Gasteiger partial charge on any atom is 0.193 e. The Hall–Kier alpha value is -1.66. The summed E-state index contributed by atoms with van der Waals surface area (Å²) in [6, 6.07) is 6.17. The molecule has 0 unspecified atom stereocenters. The predicted molar refractivity (Wildman–Crippen MR) is 62.0 cm³/mol. The highest BCUT2D eigenvalue weighted by Crippen LogP contribution is 2.25. The van der Waals surface area contributed by atoms with Crippen molar-refractivity contribution >= 4 is 5.70 Å². The molecular weight excluding hydrogens is 203 g/mol. The van der Waals surface area contributed by atoms with Gasteiger partial charge in [-0.25, -0.2) is 9.24 Å². The zero-order valence-electron chi connectivity index (χ0n) is 8.96. The van der Waals surface area contributed by atoms with E-state index >= 15 is 0 Å². The molecule has 82 valence electrons. The van der Waals surface area contributed by atoms with E-state index in [4.69, 9.17) is 6.57 Å². The molecule has 0 radical (unpaired) electrons. The van der Waals surface area contributed by atoms with Crippen molar-refractivity contribution in [2.45, 2.75) is 12.8 Å². The zero-order chi connectivity index (χ0) is 11.4. The molecule has 3 heteroatoms. The fourth-order valence-electron chi connectivity index (χ4n) is 1.92. The minimum Gasteiger partial charge on any atom is -0.316 e. The first-order valence-electron chi connectivity index (χ1n) is 5.37. The van der Waals surface area contributed by atoms with Crippen LogP contribution in [0.5, 0.6) is 0 Å². The lowest BCUT2D eigenvalue weighted by molar-refractivity contribution is 0.611. The molecule has 2 rings (SSSR count). The molecule has 1 aromatic carbocycles. The third-order valence-electron chi connectivity index (χ3n) is 2.77. The van der Waals surface area contributed by atoms with E-state index in [9.17, 15) is 4.39 Å². The minimum absolute atomic E-state index is 0.261. The molecule has 0 spiro atoms. The summed E-state index contributed by atoms with van der Waals surface area (Å²) in [5.74, 6) is -0.261. The second-order valence-electron chi connectivity index (χ2n) is 3.82. The Morgan fingerprint density at radius 2 is 1.81 bits per heavy atom. The largest absolute Gasteiger partial charge is 0.316 e. The average Bonchev–Trinajstić information content (AvgIpc) is 2.34. The molecule has 1 fully saturated rings. The molecule has 16 heavy (non-hydrogen) atoms. The minimum atomic E-state index is -0.261. The molecule has 1 aliphatic heterocycles. The summed E-state index contributed by atoms with van der Waals surface area (Å²) in [5, 5.41) is 3.26. The van der Waals surface area contributed by atoms with Crippen LogP contribution in [0.25, 0.3) is 10.5 Å². The molecule has 0 bridgehead atoms. The van der Waals surface area contributed by atoms with Crippen LogP contribution < -0.4 is 5.32 Å². The number of rotatable bonds is 1. The topological polar surface area (TPSA) is 16.4 Å². The summed E-state index contributed by atoms with van der Waals surface area (Å²) in [6.45, 7) is 9.09. The first-order chi connectivity index (χ1) is 7.81. The van der Waals surface area contributed by atoms with Crippen LogP contribution in [0, 0.1) is 12.4 Å². The van der Waals surface area contributed by atoms with E-state index in [1.807, 2.05) is 0 Å². The third kappa shape index (κ3) is 2.29. The molecule has 1 N–H and O–H groups in total. The van der Waals surface area contributed by atoms with Crippen LogP contribution in [0.1, 0.15) is 18.4 Å². The molecule has 0 aliphatic carbocycles. The van der Waals surface area contributed by atoms with Crippen molar-refractivity contribution in [2.24, 2.45) is 0 Å². The lowest BCUT2D eigenvalue weighted by atomic mass is 9.99. The second kappa shape index (κ2) is 4.91. The van der Waals surface area contributed by atoms with Crippen molar-refractivity contribution in [3.8, 4) is 0 Å². The van der Waals surface area contributed by atoms with Gasteiger partial charge >= 0.3 is 0 Å². The maximum atomic E-state index is 12.8. The Kier molecular flexibility index (Phi) is 3.33. The molecule has 0 aromatic heterocycles. The monoisotopic (exact) mass is 216 g/mol. The van der Waals surface area contributed by atoms with Gasteiger partial charge in [-0.15, -0.1) is 0 Å². The fourth-order valence-corrected chi connectivity index (χ4v) is 1.92. The fraction of sp³-hybridized carbons (Fsp3) is 0.308. The Balaban J connectivity index is 2.35. The summed E-state index contributed by atoms with van der Waals surface area (Å²) in [6.07, 6.45) is 1.82. The van der Waals surface area contributed by atoms with E-state index in [1.54, 1.807) is 12.1 Å². The quantitative estimate of drug-likeness (QED) is 0.714. The van der Waals surface area contributed by atoms with Gasteiger partial charge in [0.1, 0.15) is 5.82 Å². The molecule has 1 aliphatic rings. The van der Waals surface area contributed by atoms with Gasteiger partial charge < -0.3 is 5.32 Å². The third-order valence-corrected chi connectivity index (χ3v) is 2.77. The number of hydrogen-bond acceptors (Lipinski definition) is 1. The highest BCUT2D eigenvalue weighted by atomic mass is 19.1. The Morgan fingerprint density at radius 3 is 2.38 bits per heavy atom. The van der Waals surface area contributed by atoms with Gasteiger partial charge in [-0.3, -0.25) is 0 Å². The van der Waals surface area contributed by atoms with Gasteiger partial charge in [0.15, 0.2) is 5.70 Å². The van der Waals surface area contributed by atoms with Gasteiger partial charge in [0, 0.05) is 0 Å². The van der Waals surface area contributed by atoms with Gasteiger partial charge in [-0.1, -0.05) is 17.7 Å². The highest BCUT2D eigenvalue weighted by molar-refractivity contribution is 5.73. The summed E-state index contributed by atoms with van der Waals surface area (Å²) < 4.78 is 12.8. The summed E-state index contributed by atoms with van der Waals surface area (Å²) in [4.78, 5) is 3.59. The van der Waals surface area contributed by atoms with E-state index in [2.05, 4.69) is 10.2 Å². The summed E-state index contributed by atoms with van der Waals surface area (Å²) >= 11 is 0. The van der Waals surface area contributed by atoms with Crippen LogP contribution in [0.3, 0.4) is 0 Å². The molecule has 0 atom stereocenters. The first-order valence-corrected chi connectivity index (χ1v) is 5.37. The molecular formula is C13H13FN2. The van der Waals surface area contributed by atoms with Gasteiger partial charge in [0.2, 0.25) is 0 Å². The van der Waals surface area contributed by atoms with Crippen molar-refractivity contribution in [1.29, 1.82) is 0 Å². The molecule has 0 amide bonds. The number of hydrogen-bond donors (Lipinski definition) is 1. The van der Waals surface area contributed by atoms with Crippen molar-refractivity contribution in [3.63, 3.8) is 0 Å². The van der Waals surface area contributed by atoms with Crippen molar-refractivity contribution in [2.75, 3.05) is 13.1 Å². The van der Waals surface area contributed by atoms with Crippen LogP contribution in [-0.4, -0.2) is 13.1 Å². The van der Waals surface area contributed by atoms with Crippen molar-refractivity contribution in [3.05, 3.63) is 52.6 Å². The molecule has 1 saturated heterocycles. The predicted octanol–water partition coefficient (Wildman–Crippen LogP) is 2.84. The molecule has 1 heterocycles. The standard InChI is InChI=1S/C13H13FN2/c1-15-13(11-6-8-16-9-7-11)10-2-4-12(14)5-3-10/h2-5,16H,6-9H2. The zero-order valence-corrected chi connectivity index (χ0v) is 8.96. The van der Waals surface area contributed by atoms with Crippen LogP contribution in [0.15, 0.2) is 29.8 Å². The number of nitrogens with one attached hydrogen (secondary N) is 1. The first kappa shape index (κ1) is 10.8. The van der Waals surface area contributed by atoms with Gasteiger partial charge in [0.25, 0.3) is 0 Å². The number of benzene rings is 1. The lowest BCUT2D eigenvalue weighted by Gasteiger charge is -2.17. The van der Waals surface area contributed by atoms with E-state index in [-0.39, 0.29) is 5.82 Å². The molecule has 1 aromatic rings. The van der Waals surface area contributed by atoms with E-state index in [0.717, 1.165) is 31.5 Å². The normalized spacial score (nSPS) is 15.6. The molecule has 2 nitrogen and oxygen atoms in total. The van der Waals surface area contributed by atoms with Crippen LogP contribution >= 0.6 is 0 Å². The Labute approximate surface area is 94.6 Å². The second-order valence-corrected chi connectivity index (χ2v) is 3.82. The number of nitrogens with zero attached hydrogens (tertiary/aromatic N) is 1. The van der Waals surface area contributed by atoms with Gasteiger partial charge in [0.05, 0.1) is 6.57 Å². The van der Waals surface area contributed by atoms with Gasteiger partial charge in [-0.2, -0.15) is 0 Å². The maximum absolute atomic E-state index is 12.8. The summed E-state index contributed by atoms with van der Waals surface area (Å²) in [5.41, 5.74) is 2.70. The van der Waals surface area contributed by atoms with Crippen molar-refractivity contribution < 1.29 is 4.39 Å². The van der Waals surface area contributed by atoms with E-state index in [1.165, 1.54) is 17.7 Å². The lowest BCUT2D eigenvalue weighted by Crippen LogP contribution is -2.23. The van der Waals surface area contributed by atoms with Gasteiger partial charge in [-0.05, 0) is 43.6 Å². The van der Waals surface area contributed by atoms with Crippen LogP contribution in [0.4, 0.5) is 4.39 Å². The Bertz CT molecular complexity index is 432. The molecule has 0 saturated carbocycles. The smallest absolute Gasteiger partial charge is 0.193 e. The van der Waals surface area contributed by atoms with E-state index < -0.39 is 0 Å². The Morgan fingerprint density at radius 1 is 1.19 bits per heavy atom. The number of piperidine rings is 1. The highest BCUT2D eigenvalue weighted by Gasteiger charge is 2.12. The average molecular weight is 216 g/mol. The number of halogens is 1. The van der Waals surface area contributed by atoms with Crippen LogP contribution in [-0.2, 0) is 0 Å².